The maximum atomic E-state index is 9.23. The van der Waals surface area contributed by atoms with E-state index in [-0.39, 0.29) is 6.61 Å². The Hall–Kier alpha value is -1.70. The van der Waals surface area contributed by atoms with E-state index in [1.54, 1.807) is 6.26 Å². The van der Waals surface area contributed by atoms with E-state index < -0.39 is 0 Å². The molecule has 2 aromatic rings. The quantitative estimate of drug-likeness (QED) is 0.824. The fraction of sp³-hybridized carbons (Fsp3) is 0.667. The van der Waals surface area contributed by atoms with Gasteiger partial charge in [0.1, 0.15) is 18.2 Å². The van der Waals surface area contributed by atoms with Gasteiger partial charge in [0.25, 0.3) is 0 Å². The highest BCUT2D eigenvalue weighted by atomic mass is 16.3. The highest BCUT2D eigenvalue weighted by Gasteiger charge is 2.35. The zero-order valence-electron chi connectivity index (χ0n) is 14.8. The highest BCUT2D eigenvalue weighted by molar-refractivity contribution is 5.08. The minimum Gasteiger partial charge on any atom is -0.468 e. The smallest absolute Gasteiger partial charge is 0.158 e. The summed E-state index contributed by atoms with van der Waals surface area (Å²) >= 11 is 0. The van der Waals surface area contributed by atoms with Gasteiger partial charge in [0, 0.05) is 38.1 Å². The predicted molar refractivity (Wildman–Crippen MR) is 92.8 cm³/mol. The lowest BCUT2D eigenvalue weighted by molar-refractivity contribution is 0.156. The van der Waals surface area contributed by atoms with Crippen LogP contribution in [0, 0.1) is 0 Å². The van der Waals surface area contributed by atoms with Gasteiger partial charge in [-0.05, 0) is 37.8 Å². The standard InChI is InChI=1S/C18H27N5O2/c1-22-17(12-24)20-21-18(22)13-9-15(10-13)19-14-4-6-23(7-5-14)11-16-3-2-8-25-16/h2-3,8,13-15,19,24H,4-7,9-12H2,1H3. The summed E-state index contributed by atoms with van der Waals surface area (Å²) in [5.41, 5.74) is 0. The summed E-state index contributed by atoms with van der Waals surface area (Å²) in [6, 6.07) is 5.21. The van der Waals surface area contributed by atoms with Crippen molar-refractivity contribution in [2.75, 3.05) is 13.1 Å². The first-order valence-electron chi connectivity index (χ1n) is 9.22. The van der Waals surface area contributed by atoms with Crippen LogP contribution in [0.1, 0.15) is 49.0 Å². The van der Waals surface area contributed by atoms with Crippen LogP contribution in [-0.2, 0) is 20.2 Å². The van der Waals surface area contributed by atoms with Crippen LogP contribution in [0.25, 0.3) is 0 Å². The maximum absolute atomic E-state index is 9.23. The molecule has 7 nitrogen and oxygen atoms in total. The minimum absolute atomic E-state index is 0.0471. The molecule has 2 N–H and O–H groups in total. The molecule has 0 bridgehead atoms. The fourth-order valence-electron chi connectivity index (χ4n) is 4.05. The van der Waals surface area contributed by atoms with Gasteiger partial charge in [0.05, 0.1) is 12.8 Å². The Labute approximate surface area is 148 Å². The second kappa shape index (κ2) is 7.27. The predicted octanol–water partition coefficient (Wildman–Crippen LogP) is 1.40. The van der Waals surface area contributed by atoms with Crippen LogP contribution < -0.4 is 5.32 Å². The number of rotatable bonds is 6. The molecule has 7 heteroatoms. The highest BCUT2D eigenvalue weighted by Crippen LogP contribution is 2.36. The molecular formula is C18H27N5O2. The van der Waals surface area contributed by atoms with Gasteiger partial charge >= 0.3 is 0 Å². The van der Waals surface area contributed by atoms with E-state index in [4.69, 9.17) is 4.42 Å². The molecule has 2 aliphatic rings. The van der Waals surface area contributed by atoms with E-state index in [1.165, 1.54) is 12.8 Å². The van der Waals surface area contributed by atoms with E-state index in [0.717, 1.165) is 44.1 Å². The van der Waals surface area contributed by atoms with Crippen molar-refractivity contribution < 1.29 is 9.52 Å². The zero-order valence-corrected chi connectivity index (χ0v) is 14.8. The van der Waals surface area contributed by atoms with E-state index in [9.17, 15) is 5.11 Å². The van der Waals surface area contributed by atoms with E-state index in [0.29, 0.717) is 23.8 Å². The van der Waals surface area contributed by atoms with E-state index in [1.807, 2.05) is 23.7 Å². The topological polar surface area (TPSA) is 79.3 Å². The van der Waals surface area contributed by atoms with Gasteiger partial charge < -0.3 is 19.4 Å². The van der Waals surface area contributed by atoms with Crippen LogP contribution in [0.15, 0.2) is 22.8 Å². The van der Waals surface area contributed by atoms with Crippen molar-refractivity contribution in [3.63, 3.8) is 0 Å². The van der Waals surface area contributed by atoms with Crippen LogP contribution in [0.4, 0.5) is 0 Å². The molecule has 0 unspecified atom stereocenters. The fourth-order valence-corrected chi connectivity index (χ4v) is 4.05. The Bertz CT molecular complexity index is 670. The molecule has 0 atom stereocenters. The summed E-state index contributed by atoms with van der Waals surface area (Å²) in [5, 5.41) is 21.3. The van der Waals surface area contributed by atoms with Gasteiger partial charge in [-0.3, -0.25) is 4.90 Å². The average Bonchev–Trinajstić information content (AvgIpc) is 3.22. The summed E-state index contributed by atoms with van der Waals surface area (Å²) in [7, 11) is 1.94. The molecule has 1 saturated heterocycles. The van der Waals surface area contributed by atoms with Crippen molar-refractivity contribution >= 4 is 0 Å². The Morgan fingerprint density at radius 2 is 2.04 bits per heavy atom. The Balaban J connectivity index is 1.20. The van der Waals surface area contributed by atoms with Crippen LogP contribution in [-0.4, -0.2) is 49.9 Å². The molecule has 0 radical (unpaired) electrons. The molecule has 0 aromatic carbocycles. The average molecular weight is 345 g/mol. The number of aliphatic hydroxyl groups excluding tert-OH is 1. The number of nitrogens with zero attached hydrogens (tertiary/aromatic N) is 4. The summed E-state index contributed by atoms with van der Waals surface area (Å²) < 4.78 is 7.38. The Morgan fingerprint density at radius 3 is 2.68 bits per heavy atom. The third-order valence-electron chi connectivity index (χ3n) is 5.66. The Kier molecular flexibility index (Phi) is 4.87. The molecule has 1 saturated carbocycles. The SMILES string of the molecule is Cn1c(CO)nnc1C1CC(NC2CCN(Cc3ccco3)CC2)C1. The van der Waals surface area contributed by atoms with Crippen molar-refractivity contribution in [2.45, 2.75) is 56.8 Å². The van der Waals surface area contributed by atoms with Gasteiger partial charge in [-0.25, -0.2) is 0 Å². The van der Waals surface area contributed by atoms with E-state index in [2.05, 4.69) is 20.4 Å². The lowest BCUT2D eigenvalue weighted by atomic mass is 9.79. The zero-order chi connectivity index (χ0) is 17.2. The van der Waals surface area contributed by atoms with Gasteiger partial charge in [-0.2, -0.15) is 0 Å². The van der Waals surface area contributed by atoms with Crippen molar-refractivity contribution in [1.29, 1.82) is 0 Å². The van der Waals surface area contributed by atoms with Crippen LogP contribution in [0.5, 0.6) is 0 Å². The van der Waals surface area contributed by atoms with Crippen molar-refractivity contribution in [2.24, 2.45) is 7.05 Å². The molecule has 1 aliphatic carbocycles. The second-order valence-electron chi connectivity index (χ2n) is 7.35. The third kappa shape index (κ3) is 3.63. The number of aromatic nitrogens is 3. The summed E-state index contributed by atoms with van der Waals surface area (Å²) in [5.74, 6) is 3.18. The maximum Gasteiger partial charge on any atom is 0.158 e. The molecule has 2 fully saturated rings. The van der Waals surface area contributed by atoms with Crippen LogP contribution in [0.3, 0.4) is 0 Å². The first kappa shape index (κ1) is 16.8. The number of nitrogens with one attached hydrogen (secondary N) is 1. The van der Waals surface area contributed by atoms with Crippen LogP contribution >= 0.6 is 0 Å². The number of hydrogen-bond donors (Lipinski definition) is 2. The van der Waals surface area contributed by atoms with Gasteiger partial charge in [0.2, 0.25) is 0 Å². The first-order chi connectivity index (χ1) is 12.2. The molecule has 2 aromatic heterocycles. The second-order valence-corrected chi connectivity index (χ2v) is 7.35. The molecule has 4 rings (SSSR count). The first-order valence-corrected chi connectivity index (χ1v) is 9.22. The minimum atomic E-state index is -0.0471. The van der Waals surface area contributed by atoms with Gasteiger partial charge in [-0.15, -0.1) is 10.2 Å². The summed E-state index contributed by atoms with van der Waals surface area (Å²) in [4.78, 5) is 2.47. The van der Waals surface area contributed by atoms with E-state index >= 15 is 0 Å². The van der Waals surface area contributed by atoms with Gasteiger partial charge in [-0.1, -0.05) is 0 Å². The monoisotopic (exact) mass is 345 g/mol. The largest absolute Gasteiger partial charge is 0.468 e. The van der Waals surface area contributed by atoms with Crippen molar-refractivity contribution in [3.8, 4) is 0 Å². The molecule has 1 aliphatic heterocycles. The number of aliphatic hydroxyl groups is 1. The Morgan fingerprint density at radius 1 is 1.24 bits per heavy atom. The van der Waals surface area contributed by atoms with Crippen molar-refractivity contribution in [3.05, 3.63) is 35.8 Å². The summed E-state index contributed by atoms with van der Waals surface area (Å²) in [6.07, 6.45) is 6.37. The molecule has 136 valence electrons. The lowest BCUT2D eigenvalue weighted by Crippen LogP contribution is -2.50. The number of hydrogen-bond acceptors (Lipinski definition) is 6. The number of furan rings is 1. The lowest BCUT2D eigenvalue weighted by Gasteiger charge is -2.40. The van der Waals surface area contributed by atoms with Gasteiger partial charge in [0.15, 0.2) is 5.82 Å². The molecular weight excluding hydrogens is 318 g/mol. The van der Waals surface area contributed by atoms with Crippen LogP contribution in [0.2, 0.25) is 0 Å². The molecule has 3 heterocycles. The third-order valence-corrected chi connectivity index (χ3v) is 5.66. The van der Waals surface area contributed by atoms with Crippen molar-refractivity contribution in [1.82, 2.24) is 25.0 Å². The molecule has 0 amide bonds. The number of piperidine rings is 1. The summed E-state index contributed by atoms with van der Waals surface area (Å²) in [6.45, 7) is 3.12. The molecule has 25 heavy (non-hydrogen) atoms. The number of likely N-dealkylation sites (tertiary alicyclic amines) is 1. The normalized spacial score (nSPS) is 25.2. The molecule has 0 spiro atoms.